The Morgan fingerprint density at radius 1 is 1.38 bits per heavy atom. The second kappa shape index (κ2) is 3.44. The second-order valence-electron chi connectivity index (χ2n) is 2.78. The minimum atomic E-state index is -0.642. The van der Waals surface area contributed by atoms with Crippen LogP contribution in [0.25, 0.3) is 0 Å². The minimum Gasteiger partial charge on any atom is -0.454 e. The molecule has 0 amide bonds. The molecule has 1 aromatic rings. The van der Waals surface area contributed by atoms with Crippen molar-refractivity contribution < 1.29 is 14.6 Å². The molecule has 0 bridgehead atoms. The van der Waals surface area contributed by atoms with Crippen molar-refractivity contribution in [3.05, 3.63) is 23.8 Å². The lowest BCUT2D eigenvalue weighted by Gasteiger charge is -2.07. The second-order valence-corrected chi connectivity index (χ2v) is 3.09. The molecular formula is C9H9ClO3. The molecule has 0 saturated heterocycles. The van der Waals surface area contributed by atoms with E-state index in [0.717, 1.165) is 5.56 Å². The first-order valence-corrected chi connectivity index (χ1v) is 4.48. The Balaban J connectivity index is 2.30. The van der Waals surface area contributed by atoms with Crippen molar-refractivity contribution in [2.45, 2.75) is 6.10 Å². The van der Waals surface area contributed by atoms with Crippen molar-refractivity contribution in [2.75, 3.05) is 12.7 Å². The molecule has 0 radical (unpaired) electrons. The zero-order chi connectivity index (χ0) is 9.26. The summed E-state index contributed by atoms with van der Waals surface area (Å²) >= 11 is 5.52. The smallest absolute Gasteiger partial charge is 0.231 e. The zero-order valence-corrected chi connectivity index (χ0v) is 7.62. The van der Waals surface area contributed by atoms with E-state index < -0.39 is 6.10 Å². The Kier molecular flexibility index (Phi) is 2.29. The van der Waals surface area contributed by atoms with Gasteiger partial charge in [-0.25, -0.2) is 0 Å². The minimum absolute atomic E-state index is 0.180. The lowest BCUT2D eigenvalue weighted by Crippen LogP contribution is -1.97. The number of fused-ring (bicyclic) bond motifs is 1. The SMILES string of the molecule is O[C@H](CCl)c1ccc2c(c1)OCO2. The lowest BCUT2D eigenvalue weighted by molar-refractivity contribution is 0.173. The van der Waals surface area contributed by atoms with Crippen molar-refractivity contribution in [3.8, 4) is 11.5 Å². The maximum absolute atomic E-state index is 9.43. The molecule has 1 heterocycles. The van der Waals surface area contributed by atoms with E-state index in [1.165, 1.54) is 0 Å². The Labute approximate surface area is 80.8 Å². The van der Waals surface area contributed by atoms with Gasteiger partial charge in [0.2, 0.25) is 6.79 Å². The maximum Gasteiger partial charge on any atom is 0.231 e. The molecule has 1 N–H and O–H groups in total. The third-order valence-electron chi connectivity index (χ3n) is 1.93. The summed E-state index contributed by atoms with van der Waals surface area (Å²) in [4.78, 5) is 0. The van der Waals surface area contributed by atoms with Gasteiger partial charge in [0.15, 0.2) is 11.5 Å². The van der Waals surface area contributed by atoms with E-state index in [1.54, 1.807) is 18.2 Å². The van der Waals surface area contributed by atoms with Crippen LogP contribution in [0, 0.1) is 0 Å². The largest absolute Gasteiger partial charge is 0.454 e. The number of ether oxygens (including phenoxy) is 2. The van der Waals surface area contributed by atoms with Gasteiger partial charge in [0.05, 0.1) is 12.0 Å². The number of hydrogen-bond acceptors (Lipinski definition) is 3. The highest BCUT2D eigenvalue weighted by Crippen LogP contribution is 2.34. The fourth-order valence-electron chi connectivity index (χ4n) is 1.21. The van der Waals surface area contributed by atoms with Gasteiger partial charge in [0.1, 0.15) is 0 Å². The van der Waals surface area contributed by atoms with E-state index in [4.69, 9.17) is 21.1 Å². The molecule has 0 unspecified atom stereocenters. The number of halogens is 1. The summed E-state index contributed by atoms with van der Waals surface area (Å²) in [7, 11) is 0. The fraction of sp³-hybridized carbons (Fsp3) is 0.333. The van der Waals surface area contributed by atoms with Crippen LogP contribution in [0.5, 0.6) is 11.5 Å². The van der Waals surface area contributed by atoms with Crippen LogP contribution >= 0.6 is 11.6 Å². The molecule has 1 aliphatic heterocycles. The van der Waals surface area contributed by atoms with Gasteiger partial charge in [-0.3, -0.25) is 0 Å². The molecular weight excluding hydrogens is 192 g/mol. The zero-order valence-electron chi connectivity index (χ0n) is 6.87. The number of aliphatic hydroxyl groups excluding tert-OH is 1. The first-order valence-electron chi connectivity index (χ1n) is 3.95. The highest BCUT2D eigenvalue weighted by Gasteiger charge is 2.15. The Morgan fingerprint density at radius 3 is 2.92 bits per heavy atom. The highest BCUT2D eigenvalue weighted by atomic mass is 35.5. The van der Waals surface area contributed by atoms with Gasteiger partial charge in [0.25, 0.3) is 0 Å². The van der Waals surface area contributed by atoms with E-state index >= 15 is 0 Å². The monoisotopic (exact) mass is 200 g/mol. The van der Waals surface area contributed by atoms with Crippen molar-refractivity contribution in [1.29, 1.82) is 0 Å². The molecule has 0 aliphatic carbocycles. The predicted molar refractivity (Wildman–Crippen MR) is 48.2 cm³/mol. The predicted octanol–water partition coefficient (Wildman–Crippen LogP) is 1.69. The third kappa shape index (κ3) is 1.57. The lowest BCUT2D eigenvalue weighted by atomic mass is 10.1. The standard InChI is InChI=1S/C9H9ClO3/c10-4-7(11)6-1-2-8-9(3-6)13-5-12-8/h1-3,7,11H,4-5H2/t7-/m1/s1. The van der Waals surface area contributed by atoms with E-state index in [9.17, 15) is 5.11 Å². The number of aliphatic hydroxyl groups is 1. The molecule has 0 saturated carbocycles. The summed E-state index contributed by atoms with van der Waals surface area (Å²) in [5, 5.41) is 9.43. The molecule has 2 rings (SSSR count). The summed E-state index contributed by atoms with van der Waals surface area (Å²) in [6, 6.07) is 5.30. The van der Waals surface area contributed by atoms with Gasteiger partial charge in [-0.15, -0.1) is 11.6 Å². The molecule has 13 heavy (non-hydrogen) atoms. The normalized spacial score (nSPS) is 15.8. The molecule has 1 aliphatic rings. The Morgan fingerprint density at radius 2 is 2.15 bits per heavy atom. The first-order chi connectivity index (χ1) is 6.31. The first kappa shape index (κ1) is 8.66. The summed E-state index contributed by atoms with van der Waals surface area (Å²) < 4.78 is 10.3. The molecule has 1 aromatic carbocycles. The van der Waals surface area contributed by atoms with E-state index in [-0.39, 0.29) is 12.7 Å². The van der Waals surface area contributed by atoms with E-state index in [1.807, 2.05) is 0 Å². The third-order valence-corrected chi connectivity index (χ3v) is 2.22. The summed E-state index contributed by atoms with van der Waals surface area (Å²) in [5.74, 6) is 1.56. The van der Waals surface area contributed by atoms with Crippen LogP contribution < -0.4 is 9.47 Å². The van der Waals surface area contributed by atoms with Crippen LogP contribution in [0.3, 0.4) is 0 Å². The quantitative estimate of drug-likeness (QED) is 0.739. The van der Waals surface area contributed by atoms with Gasteiger partial charge >= 0.3 is 0 Å². The molecule has 0 spiro atoms. The summed E-state index contributed by atoms with van der Waals surface area (Å²) in [5.41, 5.74) is 0.749. The topological polar surface area (TPSA) is 38.7 Å². The van der Waals surface area contributed by atoms with Crippen LogP contribution in [0.15, 0.2) is 18.2 Å². The fourth-order valence-corrected chi connectivity index (χ4v) is 1.39. The molecule has 1 atom stereocenters. The van der Waals surface area contributed by atoms with Gasteiger partial charge in [-0.2, -0.15) is 0 Å². The number of benzene rings is 1. The molecule has 4 heteroatoms. The molecule has 3 nitrogen and oxygen atoms in total. The molecule has 0 aromatic heterocycles. The van der Waals surface area contributed by atoms with Gasteiger partial charge in [0, 0.05) is 0 Å². The average Bonchev–Trinajstić information content (AvgIpc) is 2.63. The van der Waals surface area contributed by atoms with Crippen LogP contribution in [0.1, 0.15) is 11.7 Å². The number of rotatable bonds is 2. The van der Waals surface area contributed by atoms with Crippen LogP contribution in [0.4, 0.5) is 0 Å². The molecule has 70 valence electrons. The van der Waals surface area contributed by atoms with E-state index in [0.29, 0.717) is 11.5 Å². The number of alkyl halides is 1. The molecule has 0 fully saturated rings. The van der Waals surface area contributed by atoms with Crippen LogP contribution in [-0.4, -0.2) is 17.8 Å². The van der Waals surface area contributed by atoms with Crippen molar-refractivity contribution in [1.82, 2.24) is 0 Å². The Bertz CT molecular complexity index is 314. The van der Waals surface area contributed by atoms with Gasteiger partial charge in [-0.05, 0) is 17.7 Å². The summed E-state index contributed by atoms with van der Waals surface area (Å²) in [6.07, 6.45) is -0.642. The Hall–Kier alpha value is -0.930. The van der Waals surface area contributed by atoms with Crippen molar-refractivity contribution in [3.63, 3.8) is 0 Å². The van der Waals surface area contributed by atoms with Crippen molar-refractivity contribution >= 4 is 11.6 Å². The van der Waals surface area contributed by atoms with E-state index in [2.05, 4.69) is 0 Å². The van der Waals surface area contributed by atoms with Crippen molar-refractivity contribution in [2.24, 2.45) is 0 Å². The number of hydrogen-bond donors (Lipinski definition) is 1. The highest BCUT2D eigenvalue weighted by molar-refractivity contribution is 6.18. The van der Waals surface area contributed by atoms with Crippen LogP contribution in [0.2, 0.25) is 0 Å². The van der Waals surface area contributed by atoms with Crippen LogP contribution in [-0.2, 0) is 0 Å². The van der Waals surface area contributed by atoms with Gasteiger partial charge in [-0.1, -0.05) is 6.07 Å². The maximum atomic E-state index is 9.43. The average molecular weight is 201 g/mol. The van der Waals surface area contributed by atoms with Gasteiger partial charge < -0.3 is 14.6 Å². The summed E-state index contributed by atoms with van der Waals surface area (Å²) in [6.45, 7) is 0.246.